The summed E-state index contributed by atoms with van der Waals surface area (Å²) < 4.78 is 6.93. The number of ether oxygens (including phenoxy) is 1. The normalized spacial score (nSPS) is 10.3. The summed E-state index contributed by atoms with van der Waals surface area (Å²) in [5.74, 6) is -1.04. The Bertz CT molecular complexity index is 648. The van der Waals surface area contributed by atoms with Crippen LogP contribution in [-0.2, 0) is 27.2 Å². The van der Waals surface area contributed by atoms with Crippen molar-refractivity contribution in [3.63, 3.8) is 0 Å². The number of rotatable bonds is 6. The van der Waals surface area contributed by atoms with E-state index in [9.17, 15) is 9.59 Å². The van der Waals surface area contributed by atoms with E-state index in [4.69, 9.17) is 4.74 Å². The van der Waals surface area contributed by atoms with Crippen LogP contribution in [0.15, 0.2) is 36.7 Å². The number of nitrogens with zero attached hydrogens (tertiary/aromatic N) is 2. The number of esters is 2. The van der Waals surface area contributed by atoms with Crippen molar-refractivity contribution in [2.75, 3.05) is 0 Å². The van der Waals surface area contributed by atoms with Gasteiger partial charge in [-0.2, -0.15) is 0 Å². The minimum Gasteiger partial charge on any atom is -0.393 e. The van der Waals surface area contributed by atoms with Crippen LogP contribution >= 0.6 is 45.2 Å². The van der Waals surface area contributed by atoms with Crippen LogP contribution < -0.4 is 0 Å². The van der Waals surface area contributed by atoms with Crippen LogP contribution in [0.3, 0.4) is 0 Å². The van der Waals surface area contributed by atoms with Crippen molar-refractivity contribution in [1.29, 1.82) is 0 Å². The van der Waals surface area contributed by atoms with E-state index in [1.54, 1.807) is 12.4 Å². The second kappa shape index (κ2) is 9.26. The van der Waals surface area contributed by atoms with Gasteiger partial charge in [-0.25, -0.2) is 0 Å². The molecule has 2 aromatic heterocycles. The molecule has 0 fully saturated rings. The fourth-order valence-electron chi connectivity index (χ4n) is 1.86. The molecule has 0 amide bonds. The van der Waals surface area contributed by atoms with Crippen LogP contribution in [0.25, 0.3) is 0 Å². The van der Waals surface area contributed by atoms with Gasteiger partial charge in [-0.3, -0.25) is 19.6 Å². The Hall–Kier alpha value is -1.10. The number of carbonyl (C=O) groups excluding carboxylic acids is 2. The Kier molecular flexibility index (Phi) is 7.34. The van der Waals surface area contributed by atoms with Crippen LogP contribution in [0.4, 0.5) is 0 Å². The van der Waals surface area contributed by atoms with E-state index in [1.165, 1.54) is 0 Å². The molecule has 0 spiro atoms. The van der Waals surface area contributed by atoms with E-state index in [1.807, 2.05) is 24.3 Å². The lowest BCUT2D eigenvalue weighted by atomic mass is 10.2. The molecule has 2 heterocycles. The fourth-order valence-corrected chi connectivity index (χ4v) is 2.90. The Morgan fingerprint density at radius 1 is 0.870 bits per heavy atom. The number of pyridine rings is 2. The summed E-state index contributed by atoms with van der Waals surface area (Å²) >= 11 is 4.37. The van der Waals surface area contributed by atoms with Gasteiger partial charge in [0.2, 0.25) is 0 Å². The molecule has 0 radical (unpaired) electrons. The lowest BCUT2D eigenvalue weighted by molar-refractivity contribution is -0.159. The van der Waals surface area contributed by atoms with Crippen molar-refractivity contribution in [3.8, 4) is 0 Å². The molecule has 0 saturated carbocycles. The molecule has 0 saturated heterocycles. The minimum atomic E-state index is -0.522. The molecule has 0 N–H and O–H groups in total. The number of hydrogen-bond acceptors (Lipinski definition) is 5. The first kappa shape index (κ1) is 18.2. The van der Waals surface area contributed by atoms with Gasteiger partial charge in [0.25, 0.3) is 0 Å². The molecule has 0 unspecified atom stereocenters. The van der Waals surface area contributed by atoms with Crippen molar-refractivity contribution in [1.82, 2.24) is 9.97 Å². The summed E-state index contributed by atoms with van der Waals surface area (Å²) in [6, 6.07) is 7.56. The maximum absolute atomic E-state index is 11.7. The van der Waals surface area contributed by atoms with Crippen molar-refractivity contribution < 1.29 is 14.3 Å². The summed E-state index contributed by atoms with van der Waals surface area (Å²) in [6.07, 6.45) is 4.59. The van der Waals surface area contributed by atoms with E-state index in [0.29, 0.717) is 12.8 Å². The quantitative estimate of drug-likeness (QED) is 0.322. The first-order chi connectivity index (χ1) is 11.0. The second-order valence-electron chi connectivity index (χ2n) is 4.78. The van der Waals surface area contributed by atoms with E-state index in [0.717, 1.165) is 18.5 Å². The van der Waals surface area contributed by atoms with Crippen LogP contribution in [0.5, 0.6) is 0 Å². The monoisotopic (exact) mass is 536 g/mol. The molecule has 2 aromatic rings. The minimum absolute atomic E-state index is 0.139. The molecule has 5 nitrogen and oxygen atoms in total. The number of carbonyl (C=O) groups is 2. The zero-order chi connectivity index (χ0) is 16.7. The molecule has 120 valence electrons. The predicted octanol–water partition coefficient (Wildman–Crippen LogP) is 3.32. The second-order valence-corrected chi connectivity index (χ2v) is 7.27. The standard InChI is InChI=1S/C16H14I2N2O3/c17-11-5-7-19-13(9-11)1-3-15(21)23-16(22)4-2-14-10-12(18)6-8-20-14/h5-10H,1-4H2. The van der Waals surface area contributed by atoms with Crippen molar-refractivity contribution in [3.05, 3.63) is 55.2 Å². The SMILES string of the molecule is O=C(CCc1cc(I)ccn1)OC(=O)CCc1cc(I)ccn1. The van der Waals surface area contributed by atoms with E-state index in [-0.39, 0.29) is 12.8 Å². The largest absolute Gasteiger partial charge is 0.393 e. The zero-order valence-electron chi connectivity index (χ0n) is 12.2. The van der Waals surface area contributed by atoms with Gasteiger partial charge in [-0.15, -0.1) is 0 Å². The summed E-state index contributed by atoms with van der Waals surface area (Å²) in [6.45, 7) is 0. The Balaban J connectivity index is 1.73. The van der Waals surface area contributed by atoms with Gasteiger partial charge in [0.05, 0.1) is 12.8 Å². The van der Waals surface area contributed by atoms with Crippen LogP contribution in [0.2, 0.25) is 0 Å². The third-order valence-electron chi connectivity index (χ3n) is 2.96. The van der Waals surface area contributed by atoms with Gasteiger partial charge in [-0.05, 0) is 69.4 Å². The summed E-state index contributed by atoms with van der Waals surface area (Å²) in [5, 5.41) is 0. The lowest BCUT2D eigenvalue weighted by Gasteiger charge is -2.04. The molecule has 0 atom stereocenters. The Labute approximate surface area is 161 Å². The number of halogens is 2. The predicted molar refractivity (Wildman–Crippen MR) is 102 cm³/mol. The van der Waals surface area contributed by atoms with Crippen LogP contribution in [-0.4, -0.2) is 21.9 Å². The van der Waals surface area contributed by atoms with Gasteiger partial charge in [-0.1, -0.05) is 0 Å². The van der Waals surface area contributed by atoms with Gasteiger partial charge in [0.1, 0.15) is 0 Å². The molecule has 0 aromatic carbocycles. The van der Waals surface area contributed by atoms with Gasteiger partial charge < -0.3 is 4.74 Å². The number of hydrogen-bond donors (Lipinski definition) is 0. The smallest absolute Gasteiger partial charge is 0.313 e. The van der Waals surface area contributed by atoms with Gasteiger partial charge in [0, 0.05) is 43.8 Å². The molecule has 7 heteroatoms. The number of aromatic nitrogens is 2. The zero-order valence-corrected chi connectivity index (χ0v) is 16.5. The first-order valence-corrected chi connectivity index (χ1v) is 9.13. The van der Waals surface area contributed by atoms with Gasteiger partial charge in [0.15, 0.2) is 0 Å². The van der Waals surface area contributed by atoms with Crippen LogP contribution in [0, 0.1) is 7.14 Å². The molecular formula is C16H14I2N2O3. The van der Waals surface area contributed by atoms with Crippen LogP contribution in [0.1, 0.15) is 24.2 Å². The highest BCUT2D eigenvalue weighted by Gasteiger charge is 2.11. The van der Waals surface area contributed by atoms with E-state index >= 15 is 0 Å². The topological polar surface area (TPSA) is 69.2 Å². The highest BCUT2D eigenvalue weighted by Crippen LogP contribution is 2.09. The molecule has 0 aliphatic heterocycles. The van der Waals surface area contributed by atoms with Crippen molar-refractivity contribution >= 4 is 57.1 Å². The average Bonchev–Trinajstić information content (AvgIpc) is 2.51. The number of aryl methyl sites for hydroxylation is 2. The third-order valence-corrected chi connectivity index (χ3v) is 4.30. The van der Waals surface area contributed by atoms with Gasteiger partial charge >= 0.3 is 11.9 Å². The summed E-state index contributed by atoms with van der Waals surface area (Å²) in [4.78, 5) is 31.7. The summed E-state index contributed by atoms with van der Waals surface area (Å²) in [7, 11) is 0. The van der Waals surface area contributed by atoms with E-state index < -0.39 is 11.9 Å². The maximum atomic E-state index is 11.7. The first-order valence-electron chi connectivity index (χ1n) is 6.97. The fraction of sp³-hybridized carbons (Fsp3) is 0.250. The Morgan fingerprint density at radius 3 is 1.70 bits per heavy atom. The molecule has 0 aliphatic carbocycles. The highest BCUT2D eigenvalue weighted by molar-refractivity contribution is 14.1. The average molecular weight is 536 g/mol. The molecule has 2 rings (SSSR count). The van der Waals surface area contributed by atoms with Crippen molar-refractivity contribution in [2.24, 2.45) is 0 Å². The molecule has 0 bridgehead atoms. The highest BCUT2D eigenvalue weighted by atomic mass is 127. The lowest BCUT2D eigenvalue weighted by Crippen LogP contribution is -2.14. The molecule has 0 aliphatic rings. The third kappa shape index (κ3) is 6.90. The summed E-state index contributed by atoms with van der Waals surface area (Å²) in [5.41, 5.74) is 1.62. The Morgan fingerprint density at radius 2 is 1.30 bits per heavy atom. The molecular weight excluding hydrogens is 522 g/mol. The van der Waals surface area contributed by atoms with E-state index in [2.05, 4.69) is 55.1 Å². The molecule has 23 heavy (non-hydrogen) atoms. The van der Waals surface area contributed by atoms with Crippen molar-refractivity contribution in [2.45, 2.75) is 25.7 Å². The maximum Gasteiger partial charge on any atom is 0.313 e.